The maximum Gasteiger partial charge on any atom is 0.232 e. The number of carbonyl (C=O) groups is 1. The van der Waals surface area contributed by atoms with E-state index in [1.54, 1.807) is 0 Å². The first-order valence-corrected chi connectivity index (χ1v) is 9.85. The van der Waals surface area contributed by atoms with E-state index in [1.807, 2.05) is 64.4 Å². The number of amides is 1. The van der Waals surface area contributed by atoms with Crippen molar-refractivity contribution in [1.82, 2.24) is 25.2 Å². The molecule has 3 aromatic rings. The molecule has 3 rings (SSSR count). The number of nitrogens with zero attached hydrogens (tertiary/aromatic N) is 4. The van der Waals surface area contributed by atoms with Gasteiger partial charge in [-0.2, -0.15) is 10.1 Å². The third kappa shape index (κ3) is 4.67. The monoisotopic (exact) mass is 415 g/mol. The number of hydrogen-bond donors (Lipinski definition) is 1. The highest BCUT2D eigenvalue weighted by Crippen LogP contribution is 2.23. The van der Waals surface area contributed by atoms with Gasteiger partial charge in [0, 0.05) is 21.7 Å². The van der Waals surface area contributed by atoms with E-state index in [-0.39, 0.29) is 24.3 Å². The summed E-state index contributed by atoms with van der Waals surface area (Å²) in [6.45, 7) is 12.0. The first kappa shape index (κ1) is 21.0. The highest BCUT2D eigenvalue weighted by molar-refractivity contribution is 6.31. The summed E-state index contributed by atoms with van der Waals surface area (Å²) in [7, 11) is 0. The predicted octanol–water partition coefficient (Wildman–Crippen LogP) is 3.99. The fourth-order valence-electron chi connectivity index (χ4n) is 2.93. The molecule has 0 radical (unpaired) electrons. The van der Waals surface area contributed by atoms with Crippen LogP contribution in [-0.2, 0) is 23.2 Å². The largest absolute Gasteiger partial charge is 0.348 e. The number of rotatable bonds is 5. The fourth-order valence-corrected chi connectivity index (χ4v) is 3.10. The summed E-state index contributed by atoms with van der Waals surface area (Å²) in [6, 6.07) is 5.80. The Kier molecular flexibility index (Phi) is 5.80. The molecule has 0 aliphatic carbocycles. The number of halogens is 1. The maximum absolute atomic E-state index is 12.5. The van der Waals surface area contributed by atoms with Gasteiger partial charge in [0.1, 0.15) is 0 Å². The number of benzene rings is 1. The number of hydrogen-bond acceptors (Lipinski definition) is 5. The van der Waals surface area contributed by atoms with Crippen molar-refractivity contribution in [2.24, 2.45) is 0 Å². The van der Waals surface area contributed by atoms with E-state index in [2.05, 4.69) is 20.6 Å². The van der Waals surface area contributed by atoms with Crippen molar-refractivity contribution in [1.29, 1.82) is 0 Å². The molecular weight excluding hydrogens is 390 g/mol. The van der Waals surface area contributed by atoms with Gasteiger partial charge < -0.3 is 9.84 Å². The van der Waals surface area contributed by atoms with Crippen molar-refractivity contribution < 1.29 is 9.32 Å². The molecule has 0 aliphatic rings. The van der Waals surface area contributed by atoms with E-state index in [0.29, 0.717) is 16.7 Å². The van der Waals surface area contributed by atoms with Crippen LogP contribution in [0.15, 0.2) is 22.7 Å². The average molecular weight is 416 g/mol. The lowest BCUT2D eigenvalue weighted by Crippen LogP contribution is -2.25. The van der Waals surface area contributed by atoms with Gasteiger partial charge in [-0.15, -0.1) is 0 Å². The average Bonchev–Trinajstić information content (AvgIpc) is 3.23. The van der Waals surface area contributed by atoms with E-state index in [4.69, 9.17) is 16.1 Å². The third-order valence-electron chi connectivity index (χ3n) is 4.73. The molecule has 2 aromatic heterocycles. The minimum atomic E-state index is -0.225. The molecule has 0 saturated carbocycles. The zero-order valence-corrected chi connectivity index (χ0v) is 18.4. The lowest BCUT2D eigenvalue weighted by Gasteiger charge is -2.10. The third-order valence-corrected chi connectivity index (χ3v) is 5.14. The Hall–Kier alpha value is -2.67. The fraction of sp³-hybridized carbons (Fsp3) is 0.429. The van der Waals surface area contributed by atoms with Crippen LogP contribution in [0.5, 0.6) is 0 Å². The Morgan fingerprint density at radius 1 is 1.24 bits per heavy atom. The van der Waals surface area contributed by atoms with Crippen molar-refractivity contribution in [2.75, 3.05) is 0 Å². The van der Waals surface area contributed by atoms with E-state index in [9.17, 15) is 4.79 Å². The van der Waals surface area contributed by atoms with Crippen molar-refractivity contribution in [2.45, 2.75) is 59.9 Å². The molecule has 2 heterocycles. The molecule has 0 unspecified atom stereocenters. The van der Waals surface area contributed by atoms with Crippen LogP contribution in [0.2, 0.25) is 5.02 Å². The molecule has 0 bridgehead atoms. The zero-order chi connectivity index (χ0) is 21.3. The van der Waals surface area contributed by atoms with Gasteiger partial charge in [-0.1, -0.05) is 43.6 Å². The molecule has 0 atom stereocenters. The maximum atomic E-state index is 12.5. The topological polar surface area (TPSA) is 85.8 Å². The van der Waals surface area contributed by atoms with Crippen LogP contribution >= 0.6 is 11.6 Å². The van der Waals surface area contributed by atoms with E-state index in [1.165, 1.54) is 0 Å². The standard InChI is InChI=1S/C21H26ClN5O2/c1-12-7-8-15(9-17(12)22)27-14(3)16(13(2)25-27)10-19(28)23-11-18-24-20(29-26-18)21(4,5)6/h7-9H,10-11H2,1-6H3,(H,23,28). The van der Waals surface area contributed by atoms with Crippen molar-refractivity contribution >= 4 is 17.5 Å². The van der Waals surface area contributed by atoms with E-state index >= 15 is 0 Å². The van der Waals surface area contributed by atoms with Gasteiger partial charge in [-0.25, -0.2) is 4.68 Å². The molecular formula is C21H26ClN5O2. The molecule has 0 aliphatic heterocycles. The van der Waals surface area contributed by atoms with Crippen LogP contribution in [0.1, 0.15) is 55.0 Å². The molecule has 29 heavy (non-hydrogen) atoms. The van der Waals surface area contributed by atoms with Crippen LogP contribution in [0.4, 0.5) is 0 Å². The quantitative estimate of drug-likeness (QED) is 0.680. The zero-order valence-electron chi connectivity index (χ0n) is 17.6. The van der Waals surface area contributed by atoms with Crippen molar-refractivity contribution in [3.8, 4) is 5.69 Å². The molecule has 1 amide bonds. The smallest absolute Gasteiger partial charge is 0.232 e. The predicted molar refractivity (Wildman–Crippen MR) is 111 cm³/mol. The van der Waals surface area contributed by atoms with Crippen molar-refractivity contribution in [3.63, 3.8) is 0 Å². The van der Waals surface area contributed by atoms with E-state index in [0.717, 1.165) is 28.2 Å². The highest BCUT2D eigenvalue weighted by atomic mass is 35.5. The minimum Gasteiger partial charge on any atom is -0.348 e. The molecule has 1 aromatic carbocycles. The normalized spacial score (nSPS) is 11.7. The summed E-state index contributed by atoms with van der Waals surface area (Å²) in [5.41, 5.74) is 4.26. The van der Waals surface area contributed by atoms with Crippen molar-refractivity contribution in [3.05, 3.63) is 57.5 Å². The molecule has 154 valence electrons. The Bertz CT molecular complexity index is 1050. The summed E-state index contributed by atoms with van der Waals surface area (Å²) in [4.78, 5) is 16.8. The Morgan fingerprint density at radius 2 is 1.97 bits per heavy atom. The second-order valence-electron chi connectivity index (χ2n) is 8.21. The van der Waals surface area contributed by atoms with Gasteiger partial charge in [0.2, 0.25) is 11.8 Å². The number of aromatic nitrogens is 4. The van der Waals surface area contributed by atoms with Crippen LogP contribution in [0.3, 0.4) is 0 Å². The highest BCUT2D eigenvalue weighted by Gasteiger charge is 2.22. The van der Waals surface area contributed by atoms with Crippen LogP contribution in [0.25, 0.3) is 5.69 Å². The number of carbonyl (C=O) groups excluding carboxylic acids is 1. The lowest BCUT2D eigenvalue weighted by molar-refractivity contribution is -0.120. The van der Waals surface area contributed by atoms with Gasteiger partial charge in [0.25, 0.3) is 0 Å². The minimum absolute atomic E-state index is 0.125. The Morgan fingerprint density at radius 3 is 2.59 bits per heavy atom. The van der Waals surface area contributed by atoms with Gasteiger partial charge in [0.05, 0.1) is 24.3 Å². The SMILES string of the molecule is Cc1ccc(-n2nc(C)c(CC(=O)NCc3noc(C(C)(C)C)n3)c2C)cc1Cl. The molecule has 0 fully saturated rings. The van der Waals surface area contributed by atoms with Crippen LogP contribution in [-0.4, -0.2) is 25.8 Å². The summed E-state index contributed by atoms with van der Waals surface area (Å²) >= 11 is 6.25. The number of nitrogens with one attached hydrogen (secondary N) is 1. The van der Waals surface area contributed by atoms with E-state index < -0.39 is 0 Å². The summed E-state index contributed by atoms with van der Waals surface area (Å²) in [5.74, 6) is 0.882. The molecule has 0 saturated heterocycles. The first-order chi connectivity index (χ1) is 13.6. The van der Waals surface area contributed by atoms with Gasteiger partial charge >= 0.3 is 0 Å². The second-order valence-corrected chi connectivity index (χ2v) is 8.62. The molecule has 8 heteroatoms. The summed E-state index contributed by atoms with van der Waals surface area (Å²) in [5, 5.41) is 12.1. The summed E-state index contributed by atoms with van der Waals surface area (Å²) in [6.07, 6.45) is 0.223. The lowest BCUT2D eigenvalue weighted by atomic mass is 9.97. The van der Waals surface area contributed by atoms with Crippen LogP contribution in [0, 0.1) is 20.8 Å². The number of aryl methyl sites for hydroxylation is 2. The van der Waals surface area contributed by atoms with Gasteiger partial charge in [0.15, 0.2) is 5.82 Å². The molecule has 1 N–H and O–H groups in total. The Balaban J connectivity index is 1.70. The molecule has 0 spiro atoms. The van der Waals surface area contributed by atoms with Crippen LogP contribution < -0.4 is 5.32 Å². The summed E-state index contributed by atoms with van der Waals surface area (Å²) < 4.78 is 7.07. The van der Waals surface area contributed by atoms with Gasteiger partial charge in [-0.05, 0) is 38.5 Å². The first-order valence-electron chi connectivity index (χ1n) is 9.47. The van der Waals surface area contributed by atoms with Gasteiger partial charge in [-0.3, -0.25) is 4.79 Å². The molecule has 7 nitrogen and oxygen atoms in total. The second kappa shape index (κ2) is 7.99. The Labute approximate surface area is 175 Å².